The summed E-state index contributed by atoms with van der Waals surface area (Å²) in [6.07, 6.45) is 1.76. The molecule has 0 aliphatic heterocycles. The van der Waals surface area contributed by atoms with Gasteiger partial charge in [-0.05, 0) is 17.5 Å². The van der Waals surface area contributed by atoms with Crippen molar-refractivity contribution in [1.82, 2.24) is 14.7 Å². The molecule has 6 nitrogen and oxygen atoms in total. The number of hydrogen-bond donors (Lipinski definition) is 0. The Morgan fingerprint density at radius 3 is 3.00 bits per heavy atom. The molecule has 24 heavy (non-hydrogen) atoms. The van der Waals surface area contributed by atoms with Crippen LogP contribution in [0.4, 0.5) is 0 Å². The standard InChI is InChI=1S/C17H13N3O3S/c1-20-9-12(11-5-2-3-6-13(11)20)17(21)22-10-15-18-16(19-23-15)14-7-4-8-24-14/h2-9H,10H2,1H3. The molecule has 0 aliphatic rings. The van der Waals surface area contributed by atoms with Crippen molar-refractivity contribution < 1.29 is 14.1 Å². The molecule has 1 aromatic carbocycles. The van der Waals surface area contributed by atoms with Crippen molar-refractivity contribution in [3.63, 3.8) is 0 Å². The normalized spacial score (nSPS) is 11.0. The van der Waals surface area contributed by atoms with E-state index in [1.54, 1.807) is 6.20 Å². The second-order valence-electron chi connectivity index (χ2n) is 5.24. The van der Waals surface area contributed by atoms with E-state index in [1.807, 2.05) is 53.4 Å². The Morgan fingerprint density at radius 1 is 1.29 bits per heavy atom. The number of thiophene rings is 1. The van der Waals surface area contributed by atoms with E-state index in [0.29, 0.717) is 11.4 Å². The third-order valence-electron chi connectivity index (χ3n) is 3.65. The summed E-state index contributed by atoms with van der Waals surface area (Å²) >= 11 is 1.52. The quantitative estimate of drug-likeness (QED) is 0.531. The highest BCUT2D eigenvalue weighted by Crippen LogP contribution is 2.23. The van der Waals surface area contributed by atoms with Crippen molar-refractivity contribution in [1.29, 1.82) is 0 Å². The number of nitrogens with zero attached hydrogens (tertiary/aromatic N) is 3. The molecule has 4 rings (SSSR count). The third-order valence-corrected chi connectivity index (χ3v) is 4.52. The van der Waals surface area contributed by atoms with E-state index in [0.717, 1.165) is 15.8 Å². The first-order chi connectivity index (χ1) is 11.7. The molecule has 0 atom stereocenters. The van der Waals surface area contributed by atoms with Gasteiger partial charge >= 0.3 is 5.97 Å². The Labute approximate surface area is 141 Å². The van der Waals surface area contributed by atoms with E-state index in [9.17, 15) is 4.79 Å². The van der Waals surface area contributed by atoms with Gasteiger partial charge in [0.2, 0.25) is 5.82 Å². The average molecular weight is 339 g/mol. The number of carbonyl (C=O) groups is 1. The Balaban J connectivity index is 1.50. The van der Waals surface area contributed by atoms with E-state index in [2.05, 4.69) is 10.1 Å². The number of carbonyl (C=O) groups excluding carboxylic acids is 1. The lowest BCUT2D eigenvalue weighted by atomic mass is 10.2. The number of rotatable bonds is 4. The van der Waals surface area contributed by atoms with Crippen molar-refractivity contribution in [2.45, 2.75) is 6.61 Å². The van der Waals surface area contributed by atoms with Crippen LogP contribution in [0.3, 0.4) is 0 Å². The summed E-state index contributed by atoms with van der Waals surface area (Å²) in [7, 11) is 1.89. The first kappa shape index (κ1) is 14.6. The van der Waals surface area contributed by atoms with E-state index in [1.165, 1.54) is 11.3 Å². The second kappa shape index (κ2) is 5.93. The SMILES string of the molecule is Cn1cc(C(=O)OCc2nc(-c3cccs3)no2)c2ccccc21. The van der Waals surface area contributed by atoms with E-state index < -0.39 is 5.97 Å². The van der Waals surface area contributed by atoms with Crippen LogP contribution < -0.4 is 0 Å². The van der Waals surface area contributed by atoms with E-state index >= 15 is 0 Å². The fourth-order valence-electron chi connectivity index (χ4n) is 2.53. The zero-order chi connectivity index (χ0) is 16.5. The minimum atomic E-state index is -0.414. The Kier molecular flexibility index (Phi) is 3.62. The highest BCUT2D eigenvalue weighted by atomic mass is 32.1. The van der Waals surface area contributed by atoms with Crippen LogP contribution in [0.15, 0.2) is 52.5 Å². The van der Waals surface area contributed by atoms with Crippen molar-refractivity contribution >= 4 is 28.2 Å². The van der Waals surface area contributed by atoms with Crippen LogP contribution in [0.5, 0.6) is 0 Å². The molecule has 3 aromatic heterocycles. The monoisotopic (exact) mass is 339 g/mol. The van der Waals surface area contributed by atoms with Gasteiger partial charge in [0.15, 0.2) is 6.61 Å². The van der Waals surface area contributed by atoms with E-state index in [-0.39, 0.29) is 12.5 Å². The predicted molar refractivity (Wildman–Crippen MR) is 89.6 cm³/mol. The van der Waals surface area contributed by atoms with Crippen LogP contribution >= 0.6 is 11.3 Å². The first-order valence-corrected chi connectivity index (χ1v) is 8.18. The largest absolute Gasteiger partial charge is 0.452 e. The molecular formula is C17H13N3O3S. The molecule has 0 unspecified atom stereocenters. The fourth-order valence-corrected chi connectivity index (χ4v) is 3.18. The van der Waals surface area contributed by atoms with Crippen molar-refractivity contribution in [2.75, 3.05) is 0 Å². The van der Waals surface area contributed by atoms with Crippen LogP contribution in [-0.4, -0.2) is 20.7 Å². The molecule has 0 saturated carbocycles. The number of fused-ring (bicyclic) bond motifs is 1. The van der Waals surface area contributed by atoms with Gasteiger partial charge in [-0.1, -0.05) is 29.4 Å². The van der Waals surface area contributed by atoms with Gasteiger partial charge in [-0.15, -0.1) is 11.3 Å². The molecular weight excluding hydrogens is 326 g/mol. The van der Waals surface area contributed by atoms with E-state index in [4.69, 9.17) is 9.26 Å². The van der Waals surface area contributed by atoms with Gasteiger partial charge in [0.05, 0.1) is 10.4 Å². The zero-order valence-corrected chi connectivity index (χ0v) is 13.6. The number of aromatic nitrogens is 3. The lowest BCUT2D eigenvalue weighted by molar-refractivity contribution is 0.0432. The molecule has 0 fully saturated rings. The second-order valence-corrected chi connectivity index (χ2v) is 6.18. The first-order valence-electron chi connectivity index (χ1n) is 7.30. The van der Waals surface area contributed by atoms with Crippen molar-refractivity contribution in [3.05, 3.63) is 59.4 Å². The molecule has 3 heterocycles. The molecule has 0 bridgehead atoms. The lowest BCUT2D eigenvalue weighted by Gasteiger charge is -2.00. The molecule has 120 valence electrons. The summed E-state index contributed by atoms with van der Waals surface area (Å²) in [5, 5.41) is 6.69. The minimum absolute atomic E-state index is 0.0551. The third kappa shape index (κ3) is 2.59. The van der Waals surface area contributed by atoms with Gasteiger partial charge in [0.1, 0.15) is 0 Å². The molecule has 0 amide bonds. The number of hydrogen-bond acceptors (Lipinski definition) is 6. The average Bonchev–Trinajstić information content (AvgIpc) is 3.33. The minimum Gasteiger partial charge on any atom is -0.452 e. The van der Waals surface area contributed by atoms with Crippen LogP contribution in [0.25, 0.3) is 21.6 Å². The smallest absolute Gasteiger partial charge is 0.340 e. The van der Waals surface area contributed by atoms with Crippen molar-refractivity contribution in [3.8, 4) is 10.7 Å². The maximum atomic E-state index is 12.4. The van der Waals surface area contributed by atoms with Crippen LogP contribution in [0.1, 0.15) is 16.2 Å². The van der Waals surface area contributed by atoms with Gasteiger partial charge in [0, 0.05) is 24.1 Å². The summed E-state index contributed by atoms with van der Waals surface area (Å²) in [6.45, 7) is -0.0551. The number of ether oxygens (including phenoxy) is 1. The summed E-state index contributed by atoms with van der Waals surface area (Å²) in [5.41, 5.74) is 1.49. The number of aryl methyl sites for hydroxylation is 1. The highest BCUT2D eigenvalue weighted by Gasteiger charge is 2.17. The van der Waals surface area contributed by atoms with Crippen molar-refractivity contribution in [2.24, 2.45) is 7.05 Å². The Morgan fingerprint density at radius 2 is 2.17 bits per heavy atom. The summed E-state index contributed by atoms with van der Waals surface area (Å²) in [4.78, 5) is 17.5. The number of para-hydroxylation sites is 1. The predicted octanol–water partition coefficient (Wildman–Crippen LogP) is 3.65. The van der Waals surface area contributed by atoms with Crippen LogP contribution in [0.2, 0.25) is 0 Å². The summed E-state index contributed by atoms with van der Waals surface area (Å²) in [6, 6.07) is 11.5. The van der Waals surface area contributed by atoms with Gasteiger partial charge < -0.3 is 13.8 Å². The Hall–Kier alpha value is -2.93. The molecule has 0 radical (unpaired) electrons. The maximum absolute atomic E-state index is 12.4. The molecule has 7 heteroatoms. The fraction of sp³-hybridized carbons (Fsp3) is 0.118. The molecule has 0 spiro atoms. The molecule has 0 N–H and O–H groups in total. The Bertz CT molecular complexity index is 1000. The van der Waals surface area contributed by atoms with Crippen LogP contribution in [-0.2, 0) is 18.4 Å². The van der Waals surface area contributed by atoms with Crippen LogP contribution in [0, 0.1) is 0 Å². The molecule has 0 aliphatic carbocycles. The zero-order valence-electron chi connectivity index (χ0n) is 12.8. The van der Waals surface area contributed by atoms with Gasteiger partial charge in [-0.3, -0.25) is 0 Å². The number of benzene rings is 1. The highest BCUT2D eigenvalue weighted by molar-refractivity contribution is 7.13. The lowest BCUT2D eigenvalue weighted by Crippen LogP contribution is -2.05. The topological polar surface area (TPSA) is 70.2 Å². The molecule has 0 saturated heterocycles. The molecule has 4 aromatic rings. The van der Waals surface area contributed by atoms with Gasteiger partial charge in [0.25, 0.3) is 5.89 Å². The number of esters is 1. The summed E-state index contributed by atoms with van der Waals surface area (Å²) < 4.78 is 12.3. The maximum Gasteiger partial charge on any atom is 0.340 e. The van der Waals surface area contributed by atoms with Gasteiger partial charge in [-0.2, -0.15) is 4.98 Å². The van der Waals surface area contributed by atoms with Gasteiger partial charge in [-0.25, -0.2) is 4.79 Å². The summed E-state index contributed by atoms with van der Waals surface area (Å²) in [5.74, 6) is 0.357.